The summed E-state index contributed by atoms with van der Waals surface area (Å²) in [5.41, 5.74) is -1.22. The first-order valence-corrected chi connectivity index (χ1v) is 7.94. The lowest BCUT2D eigenvalue weighted by molar-refractivity contribution is -0.137. The Bertz CT molecular complexity index is 988. The van der Waals surface area contributed by atoms with Crippen LogP contribution in [0.15, 0.2) is 48.8 Å². The summed E-state index contributed by atoms with van der Waals surface area (Å²) in [7, 11) is 0. The van der Waals surface area contributed by atoms with Gasteiger partial charge in [-0.1, -0.05) is 12.1 Å². The predicted octanol–water partition coefficient (Wildman–Crippen LogP) is 3.49. The number of rotatable bonds is 4. The van der Waals surface area contributed by atoms with Crippen LogP contribution in [0, 0.1) is 11.7 Å². The minimum atomic E-state index is -4.56. The Kier molecular flexibility index (Phi) is 4.68. The molecule has 0 aliphatic heterocycles. The lowest BCUT2D eigenvalue weighted by atomic mass is 10.1. The average Bonchev–Trinajstić information content (AvgIpc) is 3.15. The largest absolute Gasteiger partial charge is 0.418 e. The molecule has 2 aromatic heterocycles. The second-order valence-corrected chi connectivity index (χ2v) is 5.82. The number of hydrogen-bond acceptors (Lipinski definition) is 3. The van der Waals surface area contributed by atoms with Crippen molar-refractivity contribution in [2.24, 2.45) is 0 Å². The van der Waals surface area contributed by atoms with Gasteiger partial charge >= 0.3 is 6.18 Å². The van der Waals surface area contributed by atoms with Gasteiger partial charge in [0.2, 0.25) is 10.7 Å². The highest BCUT2D eigenvalue weighted by atomic mass is 32.1. The van der Waals surface area contributed by atoms with Gasteiger partial charge in [-0.05, 0) is 43.4 Å². The molecule has 1 aromatic carbocycles. The molecule has 136 valence electrons. The van der Waals surface area contributed by atoms with E-state index in [0.717, 1.165) is 6.07 Å². The monoisotopic (exact) mass is 381 g/mol. The van der Waals surface area contributed by atoms with Crippen LogP contribution >= 0.6 is 12.2 Å². The van der Waals surface area contributed by atoms with Gasteiger partial charge in [0, 0.05) is 12.4 Å². The number of aryl methyl sites for hydroxylation is 1. The van der Waals surface area contributed by atoms with Gasteiger partial charge in [-0.25, -0.2) is 9.36 Å². The molecule has 0 radical (unpaired) electrons. The van der Waals surface area contributed by atoms with E-state index in [-0.39, 0.29) is 17.0 Å². The maximum atomic E-state index is 13.0. The average molecular weight is 381 g/mol. The van der Waals surface area contributed by atoms with Crippen LogP contribution in [0.25, 0.3) is 0 Å². The molecule has 0 saturated heterocycles. The molecular weight excluding hydrogens is 367 g/mol. The fraction of sp³-hybridized carbons (Fsp3) is 0.188. The third-order valence-corrected chi connectivity index (χ3v) is 3.98. The first kappa shape index (κ1) is 17.9. The lowest BCUT2D eigenvalue weighted by Gasteiger charge is -2.13. The molecule has 3 aromatic rings. The van der Waals surface area contributed by atoms with Crippen LogP contribution in [0.4, 0.5) is 18.9 Å². The molecule has 0 bridgehead atoms. The number of nitrogens with one attached hydrogen (secondary N) is 1. The van der Waals surface area contributed by atoms with Gasteiger partial charge in [0.1, 0.15) is 12.4 Å². The minimum Gasteiger partial charge on any atom is -0.324 e. The molecule has 0 aliphatic rings. The van der Waals surface area contributed by atoms with Crippen LogP contribution in [0.2, 0.25) is 0 Å². The zero-order valence-corrected chi connectivity index (χ0v) is 14.4. The van der Waals surface area contributed by atoms with Crippen molar-refractivity contribution in [3.05, 3.63) is 65.0 Å². The highest BCUT2D eigenvalue weighted by Crippen LogP contribution is 2.34. The van der Waals surface area contributed by atoms with E-state index in [9.17, 15) is 18.0 Å². The molecule has 3 rings (SSSR count). The van der Waals surface area contributed by atoms with Crippen molar-refractivity contribution in [3.63, 3.8) is 0 Å². The number of benzene rings is 1. The molecular formula is C16H14F3N5OS. The number of carbonyl (C=O) groups is 1. The summed E-state index contributed by atoms with van der Waals surface area (Å²) in [6, 6.07) is 8.40. The van der Waals surface area contributed by atoms with Gasteiger partial charge in [0.15, 0.2) is 0 Å². The maximum Gasteiger partial charge on any atom is 0.418 e. The van der Waals surface area contributed by atoms with Crippen molar-refractivity contribution >= 4 is 23.8 Å². The van der Waals surface area contributed by atoms with Crippen LogP contribution < -0.4 is 5.32 Å². The summed E-state index contributed by atoms with van der Waals surface area (Å²) in [6.07, 6.45) is -1.05. The molecule has 0 aliphatic carbocycles. The summed E-state index contributed by atoms with van der Waals surface area (Å²) in [5, 5.41) is 6.46. The summed E-state index contributed by atoms with van der Waals surface area (Å²) in [5.74, 6) is -0.121. The molecule has 0 saturated carbocycles. The quantitative estimate of drug-likeness (QED) is 0.704. The number of anilines is 1. The van der Waals surface area contributed by atoms with E-state index in [1.807, 2.05) is 0 Å². The van der Waals surface area contributed by atoms with Crippen LogP contribution in [0.5, 0.6) is 0 Å². The standard InChI is InChI=1S/C16H14F3N5OS/c1-11-21-23(15(26)24(11)22-8-4-5-9-22)10-14(25)20-13-7-3-2-6-12(13)16(17,18)19/h2-9H,10H2,1H3,(H,20,25). The smallest absolute Gasteiger partial charge is 0.324 e. The zero-order valence-electron chi connectivity index (χ0n) is 13.6. The fourth-order valence-corrected chi connectivity index (χ4v) is 2.83. The topological polar surface area (TPSA) is 56.8 Å². The Balaban J connectivity index is 1.83. The van der Waals surface area contributed by atoms with Crippen molar-refractivity contribution in [2.45, 2.75) is 19.6 Å². The molecule has 26 heavy (non-hydrogen) atoms. The Morgan fingerprint density at radius 1 is 1.19 bits per heavy atom. The number of halogens is 3. The molecule has 6 nitrogen and oxygen atoms in total. The Labute approximate surface area is 151 Å². The van der Waals surface area contributed by atoms with Crippen LogP contribution in [-0.2, 0) is 17.5 Å². The number of carbonyl (C=O) groups excluding carboxylic acids is 1. The van der Waals surface area contributed by atoms with Crippen molar-refractivity contribution in [1.82, 2.24) is 19.1 Å². The van der Waals surface area contributed by atoms with Crippen LogP contribution in [-0.4, -0.2) is 25.0 Å². The van der Waals surface area contributed by atoms with Gasteiger partial charge in [-0.15, -0.1) is 0 Å². The number of para-hydroxylation sites is 1. The molecule has 1 N–H and O–H groups in total. The summed E-state index contributed by atoms with van der Waals surface area (Å²) >= 11 is 5.31. The SMILES string of the molecule is Cc1nn(CC(=O)Nc2ccccc2C(F)(F)F)c(=S)n1-n1cccc1. The first-order chi connectivity index (χ1) is 12.3. The number of alkyl halides is 3. The summed E-state index contributed by atoms with van der Waals surface area (Å²) < 4.78 is 43.8. The van der Waals surface area contributed by atoms with Gasteiger partial charge in [0.05, 0.1) is 11.3 Å². The van der Waals surface area contributed by atoms with E-state index in [4.69, 9.17) is 12.2 Å². The molecule has 0 fully saturated rings. The number of amides is 1. The molecule has 2 heterocycles. The van der Waals surface area contributed by atoms with E-state index in [1.165, 1.54) is 22.9 Å². The van der Waals surface area contributed by atoms with Crippen molar-refractivity contribution in [1.29, 1.82) is 0 Å². The minimum absolute atomic E-state index is 0.248. The zero-order chi connectivity index (χ0) is 18.9. The van der Waals surface area contributed by atoms with Gasteiger partial charge in [0.25, 0.3) is 0 Å². The number of aromatic nitrogens is 4. The van der Waals surface area contributed by atoms with Crippen molar-refractivity contribution in [2.75, 3.05) is 5.32 Å². The second-order valence-electron chi connectivity index (χ2n) is 5.45. The van der Waals surface area contributed by atoms with Crippen molar-refractivity contribution in [3.8, 4) is 0 Å². The molecule has 0 unspecified atom stereocenters. The van der Waals surface area contributed by atoms with Crippen LogP contribution in [0.1, 0.15) is 11.4 Å². The van der Waals surface area contributed by atoms with E-state index < -0.39 is 17.6 Å². The normalized spacial score (nSPS) is 11.5. The lowest BCUT2D eigenvalue weighted by Crippen LogP contribution is -2.22. The molecule has 0 spiro atoms. The van der Waals surface area contributed by atoms with E-state index in [2.05, 4.69) is 10.4 Å². The third-order valence-electron chi connectivity index (χ3n) is 3.59. The molecule has 0 atom stereocenters. The Morgan fingerprint density at radius 2 is 1.85 bits per heavy atom. The van der Waals surface area contributed by atoms with Gasteiger partial charge in [-0.3, -0.25) is 9.47 Å². The fourth-order valence-electron chi connectivity index (χ4n) is 2.50. The first-order valence-electron chi connectivity index (χ1n) is 7.53. The van der Waals surface area contributed by atoms with E-state index in [1.54, 1.807) is 40.8 Å². The second kappa shape index (κ2) is 6.79. The highest BCUT2D eigenvalue weighted by Gasteiger charge is 2.33. The summed E-state index contributed by atoms with van der Waals surface area (Å²) in [4.78, 5) is 12.2. The van der Waals surface area contributed by atoms with Crippen molar-refractivity contribution < 1.29 is 18.0 Å². The van der Waals surface area contributed by atoms with Gasteiger partial charge in [-0.2, -0.15) is 18.3 Å². The van der Waals surface area contributed by atoms with E-state index >= 15 is 0 Å². The number of nitrogens with zero attached hydrogens (tertiary/aromatic N) is 4. The van der Waals surface area contributed by atoms with E-state index in [0.29, 0.717) is 5.82 Å². The highest BCUT2D eigenvalue weighted by molar-refractivity contribution is 7.71. The maximum absolute atomic E-state index is 13.0. The molecule has 10 heteroatoms. The third kappa shape index (κ3) is 3.54. The van der Waals surface area contributed by atoms with Gasteiger partial charge < -0.3 is 5.32 Å². The van der Waals surface area contributed by atoms with Crippen LogP contribution in [0.3, 0.4) is 0 Å². The Morgan fingerprint density at radius 3 is 2.50 bits per heavy atom. The Hall–Kier alpha value is -2.88. The predicted molar refractivity (Wildman–Crippen MR) is 91.1 cm³/mol. The summed E-state index contributed by atoms with van der Waals surface area (Å²) in [6.45, 7) is 1.41. The number of hydrogen-bond donors (Lipinski definition) is 1. The molecule has 1 amide bonds.